The van der Waals surface area contributed by atoms with Gasteiger partial charge >= 0.3 is 12.3 Å². The van der Waals surface area contributed by atoms with Crippen molar-refractivity contribution in [2.24, 2.45) is 0 Å². The van der Waals surface area contributed by atoms with E-state index in [1.165, 1.54) is 35.3 Å². The fourth-order valence-corrected chi connectivity index (χ4v) is 4.03. The van der Waals surface area contributed by atoms with Crippen LogP contribution in [0.4, 0.5) is 23.7 Å². The Bertz CT molecular complexity index is 879. The van der Waals surface area contributed by atoms with E-state index in [0.717, 1.165) is 6.07 Å². The van der Waals surface area contributed by atoms with Gasteiger partial charge in [-0.15, -0.1) is 11.3 Å². The number of halogens is 3. The van der Waals surface area contributed by atoms with Crippen molar-refractivity contribution in [1.82, 2.24) is 9.80 Å². The monoisotopic (exact) mass is 427 g/mol. The smallest absolute Gasteiger partial charge is 0.416 e. The third-order valence-electron chi connectivity index (χ3n) is 4.88. The number of nitrogens with one attached hydrogen (secondary N) is 1. The van der Waals surface area contributed by atoms with Crippen LogP contribution in [-0.4, -0.2) is 53.1 Å². The van der Waals surface area contributed by atoms with Gasteiger partial charge < -0.3 is 20.2 Å². The number of piperazine rings is 1. The van der Waals surface area contributed by atoms with Crippen LogP contribution in [0.5, 0.6) is 0 Å². The topological polar surface area (TPSA) is 72.9 Å². The summed E-state index contributed by atoms with van der Waals surface area (Å²) in [5.41, 5.74) is -0.504. The van der Waals surface area contributed by atoms with Crippen LogP contribution >= 0.6 is 11.3 Å². The van der Waals surface area contributed by atoms with Crippen molar-refractivity contribution in [3.63, 3.8) is 0 Å². The molecule has 1 aliphatic rings. The molecule has 1 aliphatic heterocycles. The lowest BCUT2D eigenvalue weighted by molar-refractivity contribution is -0.138. The molecule has 156 valence electrons. The average molecular weight is 427 g/mol. The van der Waals surface area contributed by atoms with Gasteiger partial charge in [-0.3, -0.25) is 4.79 Å². The number of nitrogens with zero attached hydrogens (tertiary/aromatic N) is 2. The summed E-state index contributed by atoms with van der Waals surface area (Å²) in [7, 11) is 0. The first-order valence-electron chi connectivity index (χ1n) is 8.92. The predicted molar refractivity (Wildman–Crippen MR) is 103 cm³/mol. The third kappa shape index (κ3) is 4.64. The molecule has 2 heterocycles. The van der Waals surface area contributed by atoms with E-state index in [4.69, 9.17) is 5.11 Å². The minimum atomic E-state index is -4.49. The summed E-state index contributed by atoms with van der Waals surface area (Å²) in [6.07, 6.45) is -5.53. The van der Waals surface area contributed by atoms with Crippen molar-refractivity contribution in [3.05, 3.63) is 51.7 Å². The number of hydrogen-bond acceptors (Lipinski definition) is 4. The Morgan fingerprint density at radius 3 is 2.31 bits per heavy atom. The molecule has 3 rings (SSSR count). The SMILES string of the molecule is Cc1c(NC(C(=O)N2CCN(C(=O)O)CC2)c2cccs2)cccc1C(F)(F)F. The highest BCUT2D eigenvalue weighted by molar-refractivity contribution is 7.10. The molecule has 1 fully saturated rings. The van der Waals surface area contributed by atoms with Gasteiger partial charge in [0.05, 0.1) is 5.56 Å². The minimum Gasteiger partial charge on any atom is -0.465 e. The maximum Gasteiger partial charge on any atom is 0.416 e. The van der Waals surface area contributed by atoms with Gasteiger partial charge in [0.25, 0.3) is 5.91 Å². The quantitative estimate of drug-likeness (QED) is 0.772. The molecule has 10 heteroatoms. The van der Waals surface area contributed by atoms with Gasteiger partial charge in [-0.05, 0) is 36.1 Å². The van der Waals surface area contributed by atoms with Crippen molar-refractivity contribution in [2.75, 3.05) is 31.5 Å². The first kappa shape index (κ1) is 21.0. The second-order valence-corrected chi connectivity index (χ2v) is 7.64. The predicted octanol–water partition coefficient (Wildman–Crippen LogP) is 4.05. The van der Waals surface area contributed by atoms with Crippen LogP contribution in [0.25, 0.3) is 0 Å². The number of carboxylic acid groups (broad SMARTS) is 1. The molecular formula is C19H20F3N3O3S. The van der Waals surface area contributed by atoms with Crippen LogP contribution in [0.1, 0.15) is 22.0 Å². The van der Waals surface area contributed by atoms with E-state index in [9.17, 15) is 22.8 Å². The van der Waals surface area contributed by atoms with E-state index in [1.807, 2.05) is 0 Å². The number of benzene rings is 1. The normalized spacial score (nSPS) is 15.9. The van der Waals surface area contributed by atoms with Gasteiger partial charge in [-0.2, -0.15) is 13.2 Å². The Balaban J connectivity index is 1.85. The summed E-state index contributed by atoms with van der Waals surface area (Å²) in [6.45, 7) is 2.22. The van der Waals surface area contributed by atoms with Crippen molar-refractivity contribution < 1.29 is 27.9 Å². The molecular weight excluding hydrogens is 407 g/mol. The van der Waals surface area contributed by atoms with Crippen LogP contribution in [0, 0.1) is 6.92 Å². The summed E-state index contributed by atoms with van der Waals surface area (Å²) in [5.74, 6) is -0.297. The second-order valence-electron chi connectivity index (χ2n) is 6.66. The van der Waals surface area contributed by atoms with E-state index in [-0.39, 0.29) is 43.3 Å². The zero-order chi connectivity index (χ0) is 21.2. The maximum atomic E-state index is 13.2. The molecule has 1 atom stereocenters. The van der Waals surface area contributed by atoms with Crippen LogP contribution in [0.15, 0.2) is 35.7 Å². The Morgan fingerprint density at radius 1 is 1.10 bits per heavy atom. The van der Waals surface area contributed by atoms with E-state index in [1.54, 1.807) is 22.4 Å². The average Bonchev–Trinajstić information content (AvgIpc) is 3.20. The number of thiophene rings is 1. The molecule has 1 aromatic carbocycles. The van der Waals surface area contributed by atoms with E-state index in [0.29, 0.717) is 4.88 Å². The maximum absolute atomic E-state index is 13.2. The number of carbonyl (C=O) groups is 2. The van der Waals surface area contributed by atoms with Crippen LogP contribution in [0.2, 0.25) is 0 Å². The Hall–Kier alpha value is -2.75. The van der Waals surface area contributed by atoms with Gasteiger partial charge in [0, 0.05) is 36.7 Å². The second kappa shape index (κ2) is 8.32. The summed E-state index contributed by atoms with van der Waals surface area (Å²) in [5, 5.41) is 13.8. The molecule has 29 heavy (non-hydrogen) atoms. The van der Waals surface area contributed by atoms with Crippen molar-refractivity contribution in [2.45, 2.75) is 19.1 Å². The van der Waals surface area contributed by atoms with Crippen molar-refractivity contribution >= 4 is 29.0 Å². The number of alkyl halides is 3. The third-order valence-corrected chi connectivity index (χ3v) is 5.81. The number of amides is 2. The molecule has 0 aliphatic carbocycles. The summed E-state index contributed by atoms with van der Waals surface area (Å²) < 4.78 is 39.7. The zero-order valence-electron chi connectivity index (χ0n) is 15.6. The summed E-state index contributed by atoms with van der Waals surface area (Å²) in [6, 6.07) is 6.49. The minimum absolute atomic E-state index is 0.0186. The number of rotatable bonds is 4. The molecule has 2 aromatic rings. The Morgan fingerprint density at radius 2 is 1.76 bits per heavy atom. The van der Waals surface area contributed by atoms with E-state index >= 15 is 0 Å². The molecule has 2 amide bonds. The highest BCUT2D eigenvalue weighted by Gasteiger charge is 2.34. The number of carbonyl (C=O) groups excluding carboxylic acids is 1. The van der Waals surface area contributed by atoms with Gasteiger partial charge in [0.15, 0.2) is 0 Å². The first-order chi connectivity index (χ1) is 13.7. The van der Waals surface area contributed by atoms with Gasteiger partial charge in [0.1, 0.15) is 6.04 Å². The Labute approximate surface area is 169 Å². The van der Waals surface area contributed by atoms with Crippen molar-refractivity contribution in [3.8, 4) is 0 Å². The fraction of sp³-hybridized carbons (Fsp3) is 0.368. The molecule has 1 aromatic heterocycles. The highest BCUT2D eigenvalue weighted by Crippen LogP contribution is 2.36. The van der Waals surface area contributed by atoms with E-state index < -0.39 is 23.9 Å². The lowest BCUT2D eigenvalue weighted by Gasteiger charge is -2.35. The van der Waals surface area contributed by atoms with Gasteiger partial charge in [-0.25, -0.2) is 4.79 Å². The van der Waals surface area contributed by atoms with Crippen LogP contribution < -0.4 is 5.32 Å². The molecule has 6 nitrogen and oxygen atoms in total. The standard InChI is InChI=1S/C19H20F3N3O3S/c1-12-13(19(20,21)22)4-2-5-14(12)23-16(15-6-3-11-29-15)17(26)24-7-9-25(10-8-24)18(27)28/h2-6,11,16,23H,7-10H2,1H3,(H,27,28). The molecule has 1 unspecified atom stereocenters. The van der Waals surface area contributed by atoms with E-state index in [2.05, 4.69) is 5.32 Å². The summed E-state index contributed by atoms with van der Waals surface area (Å²) >= 11 is 1.33. The summed E-state index contributed by atoms with van der Waals surface area (Å²) in [4.78, 5) is 27.7. The van der Waals surface area contributed by atoms with Crippen molar-refractivity contribution in [1.29, 1.82) is 0 Å². The van der Waals surface area contributed by atoms with Crippen LogP contribution in [0.3, 0.4) is 0 Å². The van der Waals surface area contributed by atoms with Crippen LogP contribution in [-0.2, 0) is 11.0 Å². The zero-order valence-corrected chi connectivity index (χ0v) is 16.4. The van der Waals surface area contributed by atoms with Gasteiger partial charge in [-0.1, -0.05) is 12.1 Å². The molecule has 1 saturated heterocycles. The largest absolute Gasteiger partial charge is 0.465 e. The molecule has 0 spiro atoms. The highest BCUT2D eigenvalue weighted by atomic mass is 32.1. The fourth-order valence-electron chi connectivity index (χ4n) is 3.27. The number of anilines is 1. The number of hydrogen-bond donors (Lipinski definition) is 2. The molecule has 0 radical (unpaired) electrons. The Kier molecular flexibility index (Phi) is 6.02. The molecule has 2 N–H and O–H groups in total. The van der Waals surface area contributed by atoms with Gasteiger partial charge in [0.2, 0.25) is 0 Å². The first-order valence-corrected chi connectivity index (χ1v) is 9.80. The lowest BCUT2D eigenvalue weighted by Crippen LogP contribution is -2.52. The molecule has 0 bridgehead atoms. The molecule has 0 saturated carbocycles. The lowest BCUT2D eigenvalue weighted by atomic mass is 10.0.